The molecule has 1 unspecified atom stereocenters. The van der Waals surface area contributed by atoms with Crippen LogP contribution in [-0.4, -0.2) is 49.4 Å². The van der Waals surface area contributed by atoms with E-state index in [0.29, 0.717) is 30.4 Å². The second-order valence-corrected chi connectivity index (χ2v) is 4.24. The van der Waals surface area contributed by atoms with E-state index in [0.717, 1.165) is 0 Å². The first kappa shape index (κ1) is 15.4. The third kappa shape index (κ3) is 3.64. The Bertz CT molecular complexity index is 437. The van der Waals surface area contributed by atoms with Gasteiger partial charge in [-0.05, 0) is 20.8 Å². The maximum atomic E-state index is 11.8. The SMILES string of the molecule is CCN(c1nc(C)ncc1C(=O)OC)C(C)COC. The molecule has 0 aromatic carbocycles. The molecule has 6 heteroatoms. The van der Waals surface area contributed by atoms with Crippen molar-refractivity contribution < 1.29 is 14.3 Å². The highest BCUT2D eigenvalue weighted by Gasteiger charge is 2.22. The largest absolute Gasteiger partial charge is 0.465 e. The molecule has 0 saturated heterocycles. The van der Waals surface area contributed by atoms with Crippen LogP contribution in [0.5, 0.6) is 0 Å². The Labute approximate surface area is 113 Å². The van der Waals surface area contributed by atoms with Gasteiger partial charge in [-0.1, -0.05) is 0 Å². The molecule has 0 N–H and O–H groups in total. The van der Waals surface area contributed by atoms with E-state index >= 15 is 0 Å². The molecular formula is C13H21N3O3. The average Bonchev–Trinajstić information content (AvgIpc) is 2.39. The Morgan fingerprint density at radius 1 is 1.47 bits per heavy atom. The molecule has 0 saturated carbocycles. The number of methoxy groups -OCH3 is 2. The predicted octanol–water partition coefficient (Wildman–Crippen LogP) is 1.43. The van der Waals surface area contributed by atoms with Crippen LogP contribution in [0.1, 0.15) is 30.0 Å². The van der Waals surface area contributed by atoms with Gasteiger partial charge in [-0.3, -0.25) is 0 Å². The molecule has 0 amide bonds. The molecule has 0 radical (unpaired) electrons. The average molecular weight is 267 g/mol. The van der Waals surface area contributed by atoms with Crippen molar-refractivity contribution in [3.63, 3.8) is 0 Å². The summed E-state index contributed by atoms with van der Waals surface area (Å²) >= 11 is 0. The van der Waals surface area contributed by atoms with Crippen LogP contribution >= 0.6 is 0 Å². The van der Waals surface area contributed by atoms with E-state index in [1.807, 2.05) is 18.7 Å². The maximum absolute atomic E-state index is 11.8. The molecule has 0 fully saturated rings. The summed E-state index contributed by atoms with van der Waals surface area (Å²) in [5.41, 5.74) is 0.373. The predicted molar refractivity (Wildman–Crippen MR) is 72.5 cm³/mol. The quantitative estimate of drug-likeness (QED) is 0.727. The maximum Gasteiger partial charge on any atom is 0.343 e. The van der Waals surface area contributed by atoms with E-state index in [4.69, 9.17) is 9.47 Å². The highest BCUT2D eigenvalue weighted by molar-refractivity contribution is 5.94. The van der Waals surface area contributed by atoms with E-state index in [9.17, 15) is 4.79 Å². The minimum atomic E-state index is -0.432. The molecule has 19 heavy (non-hydrogen) atoms. The number of aryl methyl sites for hydroxylation is 1. The Morgan fingerprint density at radius 3 is 2.68 bits per heavy atom. The second-order valence-electron chi connectivity index (χ2n) is 4.24. The summed E-state index contributed by atoms with van der Waals surface area (Å²) in [7, 11) is 3.00. The van der Waals surface area contributed by atoms with Crippen LogP contribution in [0.3, 0.4) is 0 Å². The first-order chi connectivity index (χ1) is 9.04. The van der Waals surface area contributed by atoms with Gasteiger partial charge in [-0.2, -0.15) is 0 Å². The number of esters is 1. The fraction of sp³-hybridized carbons (Fsp3) is 0.615. The minimum Gasteiger partial charge on any atom is -0.465 e. The molecule has 6 nitrogen and oxygen atoms in total. The van der Waals surface area contributed by atoms with Gasteiger partial charge in [0, 0.05) is 19.9 Å². The molecule has 0 spiro atoms. The molecule has 1 aromatic rings. The van der Waals surface area contributed by atoms with Crippen molar-refractivity contribution in [2.45, 2.75) is 26.8 Å². The van der Waals surface area contributed by atoms with Gasteiger partial charge in [-0.25, -0.2) is 14.8 Å². The molecule has 1 aromatic heterocycles. The van der Waals surface area contributed by atoms with Crippen molar-refractivity contribution in [3.8, 4) is 0 Å². The van der Waals surface area contributed by atoms with Crippen LogP contribution in [0.15, 0.2) is 6.20 Å². The summed E-state index contributed by atoms with van der Waals surface area (Å²) in [5.74, 6) is 0.773. The number of rotatable bonds is 6. The van der Waals surface area contributed by atoms with Gasteiger partial charge in [-0.15, -0.1) is 0 Å². The van der Waals surface area contributed by atoms with Crippen LogP contribution in [0.4, 0.5) is 5.82 Å². The van der Waals surface area contributed by atoms with E-state index in [2.05, 4.69) is 9.97 Å². The van der Waals surface area contributed by atoms with Crippen molar-refractivity contribution in [2.75, 3.05) is 32.3 Å². The first-order valence-electron chi connectivity index (χ1n) is 6.22. The summed E-state index contributed by atoms with van der Waals surface area (Å²) in [4.78, 5) is 22.2. The number of anilines is 1. The Balaban J connectivity index is 3.20. The molecule has 0 bridgehead atoms. The number of ether oxygens (including phenoxy) is 2. The monoisotopic (exact) mass is 267 g/mol. The van der Waals surface area contributed by atoms with Gasteiger partial charge in [0.2, 0.25) is 0 Å². The number of hydrogen-bond donors (Lipinski definition) is 0. The van der Waals surface area contributed by atoms with Crippen molar-refractivity contribution in [2.24, 2.45) is 0 Å². The van der Waals surface area contributed by atoms with Gasteiger partial charge in [0.1, 0.15) is 17.2 Å². The lowest BCUT2D eigenvalue weighted by Gasteiger charge is -2.29. The number of likely N-dealkylation sites (N-methyl/N-ethyl adjacent to an activating group) is 1. The van der Waals surface area contributed by atoms with Crippen LogP contribution in [0.25, 0.3) is 0 Å². The number of carbonyl (C=O) groups excluding carboxylic acids is 1. The zero-order chi connectivity index (χ0) is 14.4. The Morgan fingerprint density at radius 2 is 2.16 bits per heavy atom. The Hall–Kier alpha value is -1.69. The molecule has 1 rings (SSSR count). The molecule has 1 atom stereocenters. The summed E-state index contributed by atoms with van der Waals surface area (Å²) in [6.45, 7) is 7.08. The zero-order valence-electron chi connectivity index (χ0n) is 12.1. The lowest BCUT2D eigenvalue weighted by molar-refractivity contribution is 0.0600. The molecule has 106 valence electrons. The highest BCUT2D eigenvalue weighted by atomic mass is 16.5. The van der Waals surface area contributed by atoms with Crippen molar-refractivity contribution >= 4 is 11.8 Å². The molecule has 0 aliphatic rings. The number of nitrogens with zero attached hydrogens (tertiary/aromatic N) is 3. The van der Waals surface area contributed by atoms with Gasteiger partial charge in [0.25, 0.3) is 0 Å². The van der Waals surface area contributed by atoms with E-state index in [-0.39, 0.29) is 6.04 Å². The zero-order valence-corrected chi connectivity index (χ0v) is 12.1. The molecular weight excluding hydrogens is 246 g/mol. The van der Waals surface area contributed by atoms with E-state index in [1.54, 1.807) is 14.0 Å². The van der Waals surface area contributed by atoms with Gasteiger partial charge >= 0.3 is 5.97 Å². The van der Waals surface area contributed by atoms with Gasteiger partial charge < -0.3 is 14.4 Å². The fourth-order valence-electron chi connectivity index (χ4n) is 1.93. The summed E-state index contributed by atoms with van der Waals surface area (Å²) in [6, 6.07) is 0.104. The topological polar surface area (TPSA) is 64.6 Å². The summed E-state index contributed by atoms with van der Waals surface area (Å²) in [6.07, 6.45) is 1.51. The smallest absolute Gasteiger partial charge is 0.343 e. The van der Waals surface area contributed by atoms with Crippen LogP contribution in [0.2, 0.25) is 0 Å². The van der Waals surface area contributed by atoms with Crippen molar-refractivity contribution in [3.05, 3.63) is 17.6 Å². The summed E-state index contributed by atoms with van der Waals surface area (Å²) in [5, 5.41) is 0. The standard InChI is InChI=1S/C13H21N3O3/c1-6-16(9(2)8-18-4)12-11(13(17)19-5)7-14-10(3)15-12/h7,9H,6,8H2,1-5H3. The first-order valence-corrected chi connectivity index (χ1v) is 6.22. The second kappa shape index (κ2) is 7.04. The highest BCUT2D eigenvalue weighted by Crippen LogP contribution is 2.20. The normalized spacial score (nSPS) is 12.1. The fourth-order valence-corrected chi connectivity index (χ4v) is 1.93. The van der Waals surface area contributed by atoms with E-state index < -0.39 is 5.97 Å². The minimum absolute atomic E-state index is 0.104. The van der Waals surface area contributed by atoms with Crippen molar-refractivity contribution in [1.82, 2.24) is 9.97 Å². The third-order valence-electron chi connectivity index (χ3n) is 2.85. The Kier molecular flexibility index (Phi) is 5.69. The van der Waals surface area contributed by atoms with Crippen LogP contribution < -0.4 is 4.90 Å². The van der Waals surface area contributed by atoms with E-state index in [1.165, 1.54) is 13.3 Å². The molecule has 0 aliphatic heterocycles. The van der Waals surface area contributed by atoms with Crippen LogP contribution in [0, 0.1) is 6.92 Å². The molecule has 0 aliphatic carbocycles. The molecule has 1 heterocycles. The third-order valence-corrected chi connectivity index (χ3v) is 2.85. The van der Waals surface area contributed by atoms with Crippen LogP contribution in [-0.2, 0) is 9.47 Å². The van der Waals surface area contributed by atoms with Gasteiger partial charge in [0.05, 0.1) is 19.8 Å². The van der Waals surface area contributed by atoms with Gasteiger partial charge in [0.15, 0.2) is 0 Å². The van der Waals surface area contributed by atoms with Crippen molar-refractivity contribution in [1.29, 1.82) is 0 Å². The lowest BCUT2D eigenvalue weighted by atomic mass is 10.2. The number of hydrogen-bond acceptors (Lipinski definition) is 6. The lowest BCUT2D eigenvalue weighted by Crippen LogP contribution is -2.38. The summed E-state index contributed by atoms with van der Waals surface area (Å²) < 4.78 is 9.94. The number of aromatic nitrogens is 2. The number of carbonyl (C=O) groups is 1.